The summed E-state index contributed by atoms with van der Waals surface area (Å²) < 4.78 is 11.8. The van der Waals surface area contributed by atoms with Crippen molar-refractivity contribution in [3.05, 3.63) is 71.1 Å². The van der Waals surface area contributed by atoms with Gasteiger partial charge in [-0.05, 0) is 72.5 Å². The lowest BCUT2D eigenvalue weighted by atomic mass is 9.95. The molecule has 2 atom stereocenters. The smallest absolute Gasteiger partial charge is 0.233 e. The second-order valence-electron chi connectivity index (χ2n) is 8.61. The molecule has 0 saturated heterocycles. The molecule has 6 heteroatoms. The zero-order valence-electron chi connectivity index (χ0n) is 19.6. The average molecular weight is 447 g/mol. The van der Waals surface area contributed by atoms with Gasteiger partial charge in [0.1, 0.15) is 11.5 Å². The predicted molar refractivity (Wildman–Crippen MR) is 129 cm³/mol. The summed E-state index contributed by atoms with van der Waals surface area (Å²) in [5.41, 5.74) is 4.03. The van der Waals surface area contributed by atoms with E-state index in [9.17, 15) is 9.59 Å². The summed E-state index contributed by atoms with van der Waals surface area (Å²) in [5, 5.41) is 0. The monoisotopic (exact) mass is 446 g/mol. The first-order chi connectivity index (χ1) is 15.8. The summed E-state index contributed by atoms with van der Waals surface area (Å²) in [5.74, 6) is 1.36. The maximum absolute atomic E-state index is 12.3. The number of nitrogens with zero attached hydrogens (tertiary/aromatic N) is 2. The summed E-state index contributed by atoms with van der Waals surface area (Å²) in [7, 11) is 3.55. The van der Waals surface area contributed by atoms with Crippen LogP contribution < -0.4 is 9.47 Å². The quantitative estimate of drug-likeness (QED) is 0.607. The lowest BCUT2D eigenvalue weighted by molar-refractivity contribution is -0.129. The minimum absolute atomic E-state index is 0.0807. The first-order valence-corrected chi connectivity index (χ1v) is 11.3. The molecule has 6 nitrogen and oxygen atoms in total. The van der Waals surface area contributed by atoms with Crippen LogP contribution in [0.4, 0.5) is 0 Å². The van der Waals surface area contributed by atoms with Crippen molar-refractivity contribution in [1.29, 1.82) is 0 Å². The third-order valence-electron chi connectivity index (χ3n) is 6.27. The van der Waals surface area contributed by atoms with Crippen LogP contribution in [-0.4, -0.2) is 48.9 Å². The Hall–Kier alpha value is -3.54. The molecule has 0 unspecified atom stereocenters. The van der Waals surface area contributed by atoms with E-state index < -0.39 is 0 Å². The minimum atomic E-state index is -0.181. The number of hydrogen-bond acceptors (Lipinski definition) is 4. The van der Waals surface area contributed by atoms with Gasteiger partial charge >= 0.3 is 0 Å². The Kier molecular flexibility index (Phi) is 6.54. The second-order valence-corrected chi connectivity index (χ2v) is 8.61. The van der Waals surface area contributed by atoms with E-state index in [2.05, 4.69) is 0 Å². The highest BCUT2D eigenvalue weighted by atomic mass is 16.5. The fraction of sp³-hybridized carbons (Fsp3) is 0.333. The molecule has 2 amide bonds. The molecule has 0 radical (unpaired) electrons. The third-order valence-corrected chi connectivity index (χ3v) is 6.27. The molecule has 2 aliphatic heterocycles. The number of carbonyl (C=O) groups is 2. The molecule has 0 aliphatic carbocycles. The van der Waals surface area contributed by atoms with Crippen LogP contribution in [0.3, 0.4) is 0 Å². The Bertz CT molecular complexity index is 1030. The van der Waals surface area contributed by atoms with Crippen LogP contribution in [0.15, 0.2) is 48.8 Å². The average Bonchev–Trinajstić information content (AvgIpc) is 3.00. The first kappa shape index (κ1) is 22.6. The van der Waals surface area contributed by atoms with Gasteiger partial charge in [-0.2, -0.15) is 0 Å². The van der Waals surface area contributed by atoms with E-state index in [1.165, 1.54) is 0 Å². The van der Waals surface area contributed by atoms with Crippen LogP contribution in [0.5, 0.6) is 11.5 Å². The summed E-state index contributed by atoms with van der Waals surface area (Å²) in [4.78, 5) is 27.9. The highest BCUT2D eigenvalue weighted by Crippen LogP contribution is 2.30. The second kappa shape index (κ2) is 9.53. The van der Waals surface area contributed by atoms with Crippen molar-refractivity contribution < 1.29 is 19.1 Å². The molecular weight excluding hydrogens is 416 g/mol. The lowest BCUT2D eigenvalue weighted by Gasteiger charge is -2.17. The Balaban J connectivity index is 1.31. The van der Waals surface area contributed by atoms with Crippen LogP contribution in [0.2, 0.25) is 0 Å². The topological polar surface area (TPSA) is 59.1 Å². The number of likely N-dealkylation sites (N-methyl/N-ethyl adjacent to an activating group) is 2. The van der Waals surface area contributed by atoms with Crippen LogP contribution in [-0.2, 0) is 9.59 Å². The van der Waals surface area contributed by atoms with Crippen LogP contribution in [0.1, 0.15) is 54.4 Å². The van der Waals surface area contributed by atoms with Crippen LogP contribution in [0.25, 0.3) is 12.2 Å². The molecule has 4 rings (SSSR count). The van der Waals surface area contributed by atoms with Crippen LogP contribution >= 0.6 is 0 Å². The van der Waals surface area contributed by atoms with Crippen molar-refractivity contribution in [2.75, 3.05) is 27.3 Å². The number of benzene rings is 2. The molecular formula is C27H30N2O4. The van der Waals surface area contributed by atoms with Gasteiger partial charge in [0.15, 0.2) is 0 Å². The van der Waals surface area contributed by atoms with Gasteiger partial charge in [-0.1, -0.05) is 12.1 Å². The molecule has 0 aromatic heterocycles. The van der Waals surface area contributed by atoms with Crippen molar-refractivity contribution in [3.8, 4) is 11.5 Å². The molecule has 172 valence electrons. The molecule has 0 bridgehead atoms. The number of fused-ring (bicyclic) bond motifs is 2. The van der Waals surface area contributed by atoms with Gasteiger partial charge in [-0.25, -0.2) is 0 Å². The number of ether oxygens (including phenoxy) is 2. The maximum Gasteiger partial charge on any atom is 0.233 e. The SMILES string of the molecule is C[C@H]1C(=O)N(C)C=Cc2cc(OCCCOc3ccc4c(c3)C=CN(C)C(=O)[C@@H]4C)ccc21. The maximum atomic E-state index is 12.3. The molecule has 2 heterocycles. The number of amides is 2. The normalized spacial score (nSPS) is 19.6. The van der Waals surface area contributed by atoms with E-state index in [4.69, 9.17) is 9.47 Å². The molecule has 33 heavy (non-hydrogen) atoms. The van der Waals surface area contributed by atoms with Crippen molar-refractivity contribution in [1.82, 2.24) is 9.80 Å². The van der Waals surface area contributed by atoms with Crippen molar-refractivity contribution in [3.63, 3.8) is 0 Å². The Morgan fingerprint density at radius 2 is 1.15 bits per heavy atom. The zero-order valence-corrected chi connectivity index (χ0v) is 19.6. The first-order valence-electron chi connectivity index (χ1n) is 11.3. The largest absolute Gasteiger partial charge is 0.493 e. The van der Waals surface area contributed by atoms with Gasteiger partial charge in [0.05, 0.1) is 25.0 Å². The number of rotatable bonds is 6. The summed E-state index contributed by atoms with van der Waals surface area (Å²) in [6.07, 6.45) is 8.23. The number of carbonyl (C=O) groups excluding carboxylic acids is 2. The summed E-state index contributed by atoms with van der Waals surface area (Å²) >= 11 is 0. The van der Waals surface area contributed by atoms with Gasteiger partial charge in [-0.3, -0.25) is 9.59 Å². The summed E-state index contributed by atoms with van der Waals surface area (Å²) in [6, 6.07) is 11.7. The standard InChI is InChI=1S/C27H30N2O4/c1-18-24-8-6-22(16-20(24)10-12-28(3)26(18)30)32-14-5-15-33-23-7-9-25-19(2)27(31)29(4)13-11-21(25)17-23/h6-13,16-19H,5,14-15H2,1-4H3/t18-,19-/m1/s1. The molecule has 2 aromatic carbocycles. The molecule has 0 spiro atoms. The minimum Gasteiger partial charge on any atom is -0.493 e. The van der Waals surface area contributed by atoms with E-state index in [-0.39, 0.29) is 23.7 Å². The van der Waals surface area contributed by atoms with Crippen LogP contribution in [0, 0.1) is 0 Å². The Labute approximate surface area is 195 Å². The fourth-order valence-corrected chi connectivity index (χ4v) is 4.21. The van der Waals surface area contributed by atoms with Crippen molar-refractivity contribution in [2.45, 2.75) is 32.1 Å². The van der Waals surface area contributed by atoms with E-state index in [1.807, 2.05) is 62.4 Å². The van der Waals surface area contributed by atoms with Crippen molar-refractivity contribution >= 4 is 24.0 Å². The Morgan fingerprint density at radius 1 is 0.727 bits per heavy atom. The van der Waals surface area contributed by atoms with E-state index in [0.717, 1.165) is 40.2 Å². The van der Waals surface area contributed by atoms with Gasteiger partial charge < -0.3 is 19.3 Å². The van der Waals surface area contributed by atoms with Gasteiger partial charge in [0.2, 0.25) is 11.8 Å². The third kappa shape index (κ3) is 4.80. The van der Waals surface area contributed by atoms with Gasteiger partial charge in [0, 0.05) is 32.9 Å². The van der Waals surface area contributed by atoms with E-state index in [0.29, 0.717) is 13.2 Å². The predicted octanol–water partition coefficient (Wildman–Crippen LogP) is 4.63. The number of hydrogen-bond donors (Lipinski definition) is 0. The molecule has 2 aliphatic rings. The van der Waals surface area contributed by atoms with Crippen molar-refractivity contribution in [2.24, 2.45) is 0 Å². The van der Waals surface area contributed by atoms with E-state index >= 15 is 0 Å². The molecule has 2 aromatic rings. The summed E-state index contributed by atoms with van der Waals surface area (Å²) in [6.45, 7) is 4.91. The highest BCUT2D eigenvalue weighted by Gasteiger charge is 2.24. The molecule has 0 fully saturated rings. The van der Waals surface area contributed by atoms with Gasteiger partial charge in [-0.15, -0.1) is 0 Å². The fourth-order valence-electron chi connectivity index (χ4n) is 4.21. The zero-order chi connectivity index (χ0) is 23.5. The molecule has 0 N–H and O–H groups in total. The lowest BCUT2D eigenvalue weighted by Crippen LogP contribution is -2.24. The molecule has 0 saturated carbocycles. The van der Waals surface area contributed by atoms with E-state index in [1.54, 1.807) is 36.3 Å². The highest BCUT2D eigenvalue weighted by molar-refractivity contribution is 5.88. The van der Waals surface area contributed by atoms with Gasteiger partial charge in [0.25, 0.3) is 0 Å². The Morgan fingerprint density at radius 3 is 1.58 bits per heavy atom.